The summed E-state index contributed by atoms with van der Waals surface area (Å²) in [5.41, 5.74) is 4.54. The van der Waals surface area contributed by atoms with Crippen molar-refractivity contribution in [2.75, 3.05) is 25.1 Å². The molecule has 1 saturated heterocycles. The average molecular weight is 529 g/mol. The molecule has 0 spiro atoms. The zero-order valence-electron chi connectivity index (χ0n) is 20.4. The summed E-state index contributed by atoms with van der Waals surface area (Å²) in [4.78, 5) is 24.8. The predicted molar refractivity (Wildman–Crippen MR) is 145 cm³/mol. The number of aromatic amines is 1. The number of hydrogen-bond donors (Lipinski definition) is 2. The van der Waals surface area contributed by atoms with Crippen LogP contribution in [0.2, 0.25) is 5.02 Å². The molecule has 2 N–H and O–H groups in total. The van der Waals surface area contributed by atoms with Crippen LogP contribution in [0.25, 0.3) is 33.7 Å². The summed E-state index contributed by atoms with van der Waals surface area (Å²) in [5, 5.41) is 3.31. The molecule has 0 unspecified atom stereocenters. The van der Waals surface area contributed by atoms with Crippen molar-refractivity contribution in [1.29, 1.82) is 0 Å². The third kappa shape index (κ3) is 5.27. The van der Waals surface area contributed by atoms with E-state index in [1.54, 1.807) is 36.5 Å². The Morgan fingerprint density at radius 1 is 1.08 bits per heavy atom. The van der Waals surface area contributed by atoms with Crippen molar-refractivity contribution in [1.82, 2.24) is 15.0 Å². The zero-order chi connectivity index (χ0) is 25.9. The number of halogens is 1. The topological polar surface area (TPSA) is 102 Å². The normalized spacial score (nSPS) is 14.0. The molecule has 3 aromatic heterocycles. The molecule has 0 saturated carbocycles. The molecular formula is C29H25ClN4O4. The summed E-state index contributed by atoms with van der Waals surface area (Å²) in [6.45, 7) is 2.35. The van der Waals surface area contributed by atoms with Gasteiger partial charge in [-0.25, -0.2) is 9.97 Å². The smallest absolute Gasteiger partial charge is 0.291 e. The Labute approximate surface area is 224 Å². The van der Waals surface area contributed by atoms with Crippen LogP contribution in [0.5, 0.6) is 5.75 Å². The number of nitrogens with one attached hydrogen (secondary N) is 2. The summed E-state index contributed by atoms with van der Waals surface area (Å²) in [6, 6.07) is 18.5. The number of furan rings is 1. The number of benzene rings is 2. The van der Waals surface area contributed by atoms with Crippen molar-refractivity contribution in [3.8, 4) is 28.3 Å². The molecule has 0 atom stereocenters. The first-order chi connectivity index (χ1) is 18.6. The molecule has 6 rings (SSSR count). The number of ether oxygens (including phenoxy) is 2. The van der Waals surface area contributed by atoms with E-state index in [0.29, 0.717) is 40.3 Å². The summed E-state index contributed by atoms with van der Waals surface area (Å²) in [6.07, 6.45) is 5.34. The van der Waals surface area contributed by atoms with Gasteiger partial charge in [0, 0.05) is 36.2 Å². The van der Waals surface area contributed by atoms with Crippen LogP contribution >= 0.6 is 11.6 Å². The number of carbonyl (C=O) groups excluding carboxylic acids is 1. The standard InChI is InChI=1S/C29H25ClN4O4/c30-24-8-5-21(32-29(35)26-2-1-11-37-26)15-23(24)27-33-25-14-20(16-31-28(25)34-27)19-3-6-22(7-4-19)38-17-18-9-12-36-13-10-18/h1-8,11,14-16,18H,9-10,12-13,17H2,(H,32,35)(H,31,33,34). The van der Waals surface area contributed by atoms with Gasteiger partial charge in [0.05, 0.1) is 23.4 Å². The largest absolute Gasteiger partial charge is 0.493 e. The zero-order valence-corrected chi connectivity index (χ0v) is 21.2. The lowest BCUT2D eigenvalue weighted by Crippen LogP contribution is -2.21. The number of aromatic nitrogens is 3. The van der Waals surface area contributed by atoms with E-state index in [4.69, 9.17) is 25.5 Å². The number of rotatable bonds is 7. The van der Waals surface area contributed by atoms with Crippen molar-refractivity contribution in [3.05, 3.63) is 83.9 Å². The van der Waals surface area contributed by atoms with E-state index in [1.807, 2.05) is 30.3 Å². The summed E-state index contributed by atoms with van der Waals surface area (Å²) < 4.78 is 16.6. The lowest BCUT2D eigenvalue weighted by atomic mass is 10.0. The maximum Gasteiger partial charge on any atom is 0.291 e. The number of imidazole rings is 1. The lowest BCUT2D eigenvalue weighted by Gasteiger charge is -2.22. The van der Waals surface area contributed by atoms with Crippen LogP contribution < -0.4 is 10.1 Å². The molecule has 5 aromatic rings. The van der Waals surface area contributed by atoms with Crippen LogP contribution in [0, 0.1) is 5.92 Å². The highest BCUT2D eigenvalue weighted by molar-refractivity contribution is 6.33. The molecule has 0 aliphatic carbocycles. The van der Waals surface area contributed by atoms with Crippen LogP contribution in [0.3, 0.4) is 0 Å². The Morgan fingerprint density at radius 3 is 2.71 bits per heavy atom. The van der Waals surface area contributed by atoms with E-state index in [1.165, 1.54) is 6.26 Å². The molecule has 1 aliphatic rings. The summed E-state index contributed by atoms with van der Waals surface area (Å²) in [5.74, 6) is 1.83. The fourth-order valence-corrected chi connectivity index (χ4v) is 4.65. The number of amides is 1. The second-order valence-corrected chi connectivity index (χ2v) is 9.60. The van der Waals surface area contributed by atoms with E-state index < -0.39 is 0 Å². The lowest BCUT2D eigenvalue weighted by molar-refractivity contribution is 0.0497. The van der Waals surface area contributed by atoms with Crippen molar-refractivity contribution in [3.63, 3.8) is 0 Å². The van der Waals surface area contributed by atoms with Gasteiger partial charge in [0.2, 0.25) is 0 Å². The fraction of sp³-hybridized carbons (Fsp3) is 0.207. The molecule has 2 aromatic carbocycles. The molecule has 38 heavy (non-hydrogen) atoms. The van der Waals surface area contributed by atoms with Gasteiger partial charge in [-0.2, -0.15) is 0 Å². The highest BCUT2D eigenvalue weighted by Crippen LogP contribution is 2.31. The van der Waals surface area contributed by atoms with E-state index in [-0.39, 0.29) is 11.7 Å². The van der Waals surface area contributed by atoms with Gasteiger partial charge in [0.25, 0.3) is 5.91 Å². The van der Waals surface area contributed by atoms with Crippen LogP contribution in [-0.4, -0.2) is 40.7 Å². The molecule has 0 radical (unpaired) electrons. The van der Waals surface area contributed by atoms with E-state index in [2.05, 4.69) is 20.3 Å². The van der Waals surface area contributed by atoms with Gasteiger partial charge in [0.15, 0.2) is 11.4 Å². The molecule has 9 heteroatoms. The first-order valence-corrected chi connectivity index (χ1v) is 12.8. The third-order valence-electron chi connectivity index (χ3n) is 6.58. The van der Waals surface area contributed by atoms with Gasteiger partial charge < -0.3 is 24.2 Å². The van der Waals surface area contributed by atoms with Crippen molar-refractivity contribution in [2.45, 2.75) is 12.8 Å². The van der Waals surface area contributed by atoms with Crippen LogP contribution in [0.15, 0.2) is 77.5 Å². The summed E-state index contributed by atoms with van der Waals surface area (Å²) >= 11 is 6.48. The van der Waals surface area contributed by atoms with Gasteiger partial charge in [-0.15, -0.1) is 0 Å². The second-order valence-electron chi connectivity index (χ2n) is 9.20. The Balaban J connectivity index is 1.19. The van der Waals surface area contributed by atoms with Gasteiger partial charge in [-0.1, -0.05) is 23.7 Å². The number of anilines is 1. The van der Waals surface area contributed by atoms with E-state index in [0.717, 1.165) is 48.4 Å². The molecule has 0 bridgehead atoms. The maximum atomic E-state index is 12.4. The minimum Gasteiger partial charge on any atom is -0.493 e. The van der Waals surface area contributed by atoms with E-state index >= 15 is 0 Å². The fourth-order valence-electron chi connectivity index (χ4n) is 4.44. The quantitative estimate of drug-likeness (QED) is 0.247. The molecule has 1 amide bonds. The Bertz CT molecular complexity index is 1560. The molecule has 1 fully saturated rings. The Kier molecular flexibility index (Phi) is 6.81. The van der Waals surface area contributed by atoms with Crippen molar-refractivity contribution < 1.29 is 18.7 Å². The molecule has 1 aliphatic heterocycles. The predicted octanol–water partition coefficient (Wildman–Crippen LogP) is 6.60. The monoisotopic (exact) mass is 528 g/mol. The van der Waals surface area contributed by atoms with Crippen LogP contribution in [0.4, 0.5) is 5.69 Å². The molecular weight excluding hydrogens is 504 g/mol. The average Bonchev–Trinajstić information content (AvgIpc) is 3.64. The highest BCUT2D eigenvalue weighted by atomic mass is 35.5. The van der Waals surface area contributed by atoms with Crippen LogP contribution in [0.1, 0.15) is 23.4 Å². The first kappa shape index (κ1) is 24.2. The van der Waals surface area contributed by atoms with Gasteiger partial charge in [0.1, 0.15) is 11.6 Å². The van der Waals surface area contributed by atoms with Crippen LogP contribution in [-0.2, 0) is 4.74 Å². The molecule has 4 heterocycles. The minimum atomic E-state index is -0.348. The maximum absolute atomic E-state index is 12.4. The SMILES string of the molecule is O=C(Nc1ccc(Cl)c(-c2nc3ncc(-c4ccc(OCC5CCOCC5)cc4)cc3[nH]2)c1)c1ccco1. The van der Waals surface area contributed by atoms with Crippen molar-refractivity contribution in [2.24, 2.45) is 5.92 Å². The highest BCUT2D eigenvalue weighted by Gasteiger charge is 2.16. The number of hydrogen-bond acceptors (Lipinski definition) is 6. The van der Waals surface area contributed by atoms with Gasteiger partial charge in [-0.05, 0) is 72.9 Å². The van der Waals surface area contributed by atoms with Gasteiger partial charge >= 0.3 is 0 Å². The minimum absolute atomic E-state index is 0.223. The van der Waals surface area contributed by atoms with Gasteiger partial charge in [-0.3, -0.25) is 4.79 Å². The summed E-state index contributed by atoms with van der Waals surface area (Å²) in [7, 11) is 0. The Hall–Kier alpha value is -4.14. The van der Waals surface area contributed by atoms with Crippen molar-refractivity contribution >= 4 is 34.4 Å². The molecule has 192 valence electrons. The first-order valence-electron chi connectivity index (χ1n) is 12.4. The third-order valence-corrected chi connectivity index (χ3v) is 6.91. The number of fused-ring (bicyclic) bond motifs is 1. The number of nitrogens with zero attached hydrogens (tertiary/aromatic N) is 2. The number of H-pyrrole nitrogens is 1. The Morgan fingerprint density at radius 2 is 1.92 bits per heavy atom. The number of pyridine rings is 1. The number of carbonyl (C=O) groups is 1. The van der Waals surface area contributed by atoms with E-state index in [9.17, 15) is 4.79 Å². The second kappa shape index (κ2) is 10.7. The molecule has 8 nitrogen and oxygen atoms in total.